The van der Waals surface area contributed by atoms with Gasteiger partial charge in [-0.1, -0.05) is 37.6 Å². The highest BCUT2D eigenvalue weighted by molar-refractivity contribution is 6.30. The minimum Gasteiger partial charge on any atom is -0.465 e. The van der Waals surface area contributed by atoms with E-state index in [2.05, 4.69) is 10.2 Å². The highest BCUT2D eigenvalue weighted by atomic mass is 35.5. The van der Waals surface area contributed by atoms with Gasteiger partial charge in [-0.05, 0) is 49.2 Å². The standard InChI is InChI=1S/C23H23ClN4O3/c1-14(2)13-31-21(29)12-18-22-26-25-15(3)27(22)19-6-4-5-7-20(19)28(23(18)30)17-10-8-16(24)9-11-17/h4-11,14,18H,12-13H2,1-3H3. The predicted octanol–water partition coefficient (Wildman–Crippen LogP) is 4.58. The van der Waals surface area contributed by atoms with Crippen molar-refractivity contribution in [2.24, 2.45) is 5.92 Å². The van der Waals surface area contributed by atoms with Crippen molar-refractivity contribution in [2.45, 2.75) is 33.1 Å². The molecule has 1 aliphatic rings. The van der Waals surface area contributed by atoms with E-state index < -0.39 is 11.9 Å². The number of hydrogen-bond acceptors (Lipinski definition) is 5. The summed E-state index contributed by atoms with van der Waals surface area (Å²) in [7, 11) is 0. The number of carbonyl (C=O) groups excluding carboxylic acids is 2. The number of hydrogen-bond donors (Lipinski definition) is 0. The van der Waals surface area contributed by atoms with Crippen molar-refractivity contribution in [3.05, 3.63) is 65.2 Å². The van der Waals surface area contributed by atoms with E-state index in [1.54, 1.807) is 29.2 Å². The van der Waals surface area contributed by atoms with Crippen molar-refractivity contribution < 1.29 is 14.3 Å². The molecule has 0 aliphatic carbocycles. The van der Waals surface area contributed by atoms with Gasteiger partial charge in [0.2, 0.25) is 5.91 Å². The molecule has 1 aliphatic heterocycles. The number of anilines is 2. The molecule has 3 aromatic rings. The van der Waals surface area contributed by atoms with Gasteiger partial charge in [0.1, 0.15) is 11.7 Å². The summed E-state index contributed by atoms with van der Waals surface area (Å²) in [4.78, 5) is 28.0. The van der Waals surface area contributed by atoms with Gasteiger partial charge < -0.3 is 4.74 Å². The zero-order chi connectivity index (χ0) is 22.1. The molecular formula is C23H23ClN4O3. The monoisotopic (exact) mass is 438 g/mol. The van der Waals surface area contributed by atoms with Crippen LogP contribution in [0.5, 0.6) is 0 Å². The second-order valence-electron chi connectivity index (χ2n) is 7.91. The molecule has 8 heteroatoms. The van der Waals surface area contributed by atoms with Gasteiger partial charge in [-0.2, -0.15) is 0 Å². The Balaban J connectivity index is 1.84. The number of carbonyl (C=O) groups is 2. The lowest BCUT2D eigenvalue weighted by molar-refractivity contribution is -0.146. The van der Waals surface area contributed by atoms with Crippen LogP contribution in [-0.2, 0) is 14.3 Å². The van der Waals surface area contributed by atoms with Gasteiger partial charge in [-0.25, -0.2) is 0 Å². The number of para-hydroxylation sites is 2. The zero-order valence-electron chi connectivity index (χ0n) is 17.6. The topological polar surface area (TPSA) is 77.3 Å². The van der Waals surface area contributed by atoms with E-state index in [0.29, 0.717) is 34.7 Å². The molecule has 0 N–H and O–H groups in total. The Morgan fingerprint density at radius 2 is 1.77 bits per heavy atom. The van der Waals surface area contributed by atoms with Crippen LogP contribution < -0.4 is 4.90 Å². The first-order valence-electron chi connectivity index (χ1n) is 10.1. The minimum absolute atomic E-state index is 0.123. The zero-order valence-corrected chi connectivity index (χ0v) is 18.3. The SMILES string of the molecule is Cc1nnc2n1-c1ccccc1N(c1ccc(Cl)cc1)C(=O)C2CC(=O)OCC(C)C. The summed E-state index contributed by atoms with van der Waals surface area (Å²) < 4.78 is 7.20. The number of halogens is 1. The van der Waals surface area contributed by atoms with Crippen LogP contribution in [0.4, 0.5) is 11.4 Å². The number of rotatable bonds is 5. The average Bonchev–Trinajstić information content (AvgIpc) is 3.08. The third-order valence-corrected chi connectivity index (χ3v) is 5.33. The van der Waals surface area contributed by atoms with Crippen molar-refractivity contribution in [3.63, 3.8) is 0 Å². The van der Waals surface area contributed by atoms with E-state index in [1.807, 2.05) is 49.6 Å². The lowest BCUT2D eigenvalue weighted by Gasteiger charge is -2.25. The van der Waals surface area contributed by atoms with E-state index in [0.717, 1.165) is 5.69 Å². The molecular weight excluding hydrogens is 416 g/mol. The predicted molar refractivity (Wildman–Crippen MR) is 118 cm³/mol. The summed E-state index contributed by atoms with van der Waals surface area (Å²) >= 11 is 6.07. The Kier molecular flexibility index (Phi) is 5.78. The van der Waals surface area contributed by atoms with Crippen LogP contribution >= 0.6 is 11.6 Å². The molecule has 0 radical (unpaired) electrons. The normalized spacial score (nSPS) is 15.5. The maximum atomic E-state index is 13.8. The Hall–Kier alpha value is -3.19. The third kappa shape index (κ3) is 4.05. The van der Waals surface area contributed by atoms with Gasteiger partial charge in [0, 0.05) is 10.7 Å². The van der Waals surface area contributed by atoms with E-state index >= 15 is 0 Å². The molecule has 0 fully saturated rings. The van der Waals surface area contributed by atoms with Gasteiger partial charge in [-0.15, -0.1) is 10.2 Å². The fraction of sp³-hybridized carbons (Fsp3) is 0.304. The van der Waals surface area contributed by atoms with Crippen LogP contribution in [0.15, 0.2) is 48.5 Å². The quantitative estimate of drug-likeness (QED) is 0.545. The lowest BCUT2D eigenvalue weighted by Crippen LogP contribution is -2.32. The molecule has 0 bridgehead atoms. The molecule has 160 valence electrons. The Morgan fingerprint density at radius 1 is 1.10 bits per heavy atom. The maximum absolute atomic E-state index is 13.8. The fourth-order valence-electron chi connectivity index (χ4n) is 3.65. The fourth-order valence-corrected chi connectivity index (χ4v) is 3.78. The summed E-state index contributed by atoms with van der Waals surface area (Å²) in [5, 5.41) is 9.03. The Morgan fingerprint density at radius 3 is 2.45 bits per heavy atom. The van der Waals surface area contributed by atoms with Crippen molar-refractivity contribution >= 4 is 34.9 Å². The highest BCUT2D eigenvalue weighted by Gasteiger charge is 2.39. The third-order valence-electron chi connectivity index (χ3n) is 5.08. The van der Waals surface area contributed by atoms with E-state index in [4.69, 9.17) is 16.3 Å². The first-order chi connectivity index (χ1) is 14.9. The van der Waals surface area contributed by atoms with Crippen molar-refractivity contribution in [1.29, 1.82) is 0 Å². The number of aryl methyl sites for hydroxylation is 1. The van der Waals surface area contributed by atoms with Gasteiger partial charge in [0.15, 0.2) is 5.82 Å². The van der Waals surface area contributed by atoms with Crippen LogP contribution in [0.25, 0.3) is 5.69 Å². The van der Waals surface area contributed by atoms with Crippen molar-refractivity contribution in [3.8, 4) is 5.69 Å². The molecule has 7 nitrogen and oxygen atoms in total. The Labute approximate surface area is 185 Å². The number of aromatic nitrogens is 3. The smallest absolute Gasteiger partial charge is 0.307 e. The summed E-state index contributed by atoms with van der Waals surface area (Å²) in [5.41, 5.74) is 2.09. The van der Waals surface area contributed by atoms with Crippen molar-refractivity contribution in [1.82, 2.24) is 14.8 Å². The molecule has 31 heavy (non-hydrogen) atoms. The summed E-state index contributed by atoms with van der Waals surface area (Å²) in [5.74, 6) is -0.302. The lowest BCUT2D eigenvalue weighted by atomic mass is 10.0. The maximum Gasteiger partial charge on any atom is 0.307 e. The second kappa shape index (κ2) is 8.51. The number of benzene rings is 2. The first-order valence-corrected chi connectivity index (χ1v) is 10.5. The molecule has 0 spiro atoms. The van der Waals surface area contributed by atoms with Crippen molar-refractivity contribution in [2.75, 3.05) is 11.5 Å². The summed E-state index contributed by atoms with van der Waals surface area (Å²) in [6.07, 6.45) is -0.123. The Bertz CT molecular complexity index is 1120. The molecule has 0 saturated heterocycles. The molecule has 1 atom stereocenters. The molecule has 2 heterocycles. The van der Waals surface area contributed by atoms with Crippen LogP contribution in [-0.4, -0.2) is 33.2 Å². The largest absolute Gasteiger partial charge is 0.465 e. The number of amides is 1. The van der Waals surface area contributed by atoms with Gasteiger partial charge >= 0.3 is 5.97 Å². The minimum atomic E-state index is -0.844. The van der Waals surface area contributed by atoms with Gasteiger partial charge in [0.05, 0.1) is 24.4 Å². The first kappa shape index (κ1) is 21.1. The van der Waals surface area contributed by atoms with E-state index in [-0.39, 0.29) is 18.2 Å². The number of ether oxygens (including phenoxy) is 1. The van der Waals surface area contributed by atoms with Crippen LogP contribution in [0, 0.1) is 12.8 Å². The molecule has 1 aromatic heterocycles. The second-order valence-corrected chi connectivity index (χ2v) is 8.35. The summed E-state index contributed by atoms with van der Waals surface area (Å²) in [6.45, 7) is 6.04. The molecule has 0 saturated carbocycles. The average molecular weight is 439 g/mol. The number of fused-ring (bicyclic) bond motifs is 3. The van der Waals surface area contributed by atoms with Gasteiger partial charge in [-0.3, -0.25) is 19.1 Å². The molecule has 2 aromatic carbocycles. The molecule has 1 amide bonds. The number of nitrogens with zero attached hydrogens (tertiary/aromatic N) is 4. The molecule has 1 unspecified atom stereocenters. The molecule has 4 rings (SSSR count). The van der Waals surface area contributed by atoms with Gasteiger partial charge in [0.25, 0.3) is 0 Å². The van der Waals surface area contributed by atoms with Crippen LogP contribution in [0.1, 0.15) is 37.8 Å². The number of esters is 1. The van der Waals surface area contributed by atoms with E-state index in [1.165, 1.54) is 0 Å². The summed E-state index contributed by atoms with van der Waals surface area (Å²) in [6, 6.07) is 14.6. The highest BCUT2D eigenvalue weighted by Crippen LogP contribution is 2.40. The van der Waals surface area contributed by atoms with E-state index in [9.17, 15) is 9.59 Å². The van der Waals surface area contributed by atoms with Crippen LogP contribution in [0.2, 0.25) is 5.02 Å². The van der Waals surface area contributed by atoms with Crippen LogP contribution in [0.3, 0.4) is 0 Å².